The van der Waals surface area contributed by atoms with Crippen LogP contribution in [0.5, 0.6) is 0 Å². The Kier molecular flexibility index (Phi) is 4.06. The van der Waals surface area contributed by atoms with E-state index in [4.69, 9.17) is 10.8 Å². The molecule has 0 radical (unpaired) electrons. The molecule has 14 heavy (non-hydrogen) atoms. The van der Waals surface area contributed by atoms with Crippen molar-refractivity contribution in [3.05, 3.63) is 21.9 Å². The highest BCUT2D eigenvalue weighted by Gasteiger charge is 2.05. The van der Waals surface area contributed by atoms with Gasteiger partial charge in [0.25, 0.3) is 0 Å². The summed E-state index contributed by atoms with van der Waals surface area (Å²) in [5.41, 5.74) is 5.66. The number of aliphatic hydroxyl groups excluding tert-OH is 1. The van der Waals surface area contributed by atoms with Gasteiger partial charge in [0.15, 0.2) is 0 Å². The summed E-state index contributed by atoms with van der Waals surface area (Å²) < 4.78 is 0. The van der Waals surface area contributed by atoms with Crippen LogP contribution in [0.3, 0.4) is 0 Å². The molecule has 78 valence electrons. The molecule has 0 fully saturated rings. The monoisotopic (exact) mass is 214 g/mol. The molecule has 0 aliphatic rings. The number of amides is 1. The maximum atomic E-state index is 10.8. The Morgan fingerprint density at radius 1 is 1.79 bits per heavy atom. The van der Waals surface area contributed by atoms with Crippen LogP contribution in [0.1, 0.15) is 22.2 Å². The minimum atomic E-state index is -0.400. The van der Waals surface area contributed by atoms with Gasteiger partial charge in [0.1, 0.15) is 0 Å². The van der Waals surface area contributed by atoms with Crippen LogP contribution in [-0.4, -0.2) is 23.7 Å². The normalized spacial score (nSPS) is 12.7. The van der Waals surface area contributed by atoms with E-state index in [9.17, 15) is 4.79 Å². The standard InChI is InChI=1S/C9H14N2O2S/c1-6(4-12)11-3-8-2-7(5-14-8)9(10)13/h2,5-6,11-12H,3-4H2,1H3,(H2,10,13). The molecule has 1 aromatic rings. The van der Waals surface area contributed by atoms with Crippen LogP contribution in [0.25, 0.3) is 0 Å². The first-order valence-electron chi connectivity index (χ1n) is 4.35. The van der Waals surface area contributed by atoms with Crippen molar-refractivity contribution in [2.45, 2.75) is 19.5 Å². The fourth-order valence-electron chi connectivity index (χ4n) is 0.942. The van der Waals surface area contributed by atoms with Crippen molar-refractivity contribution < 1.29 is 9.90 Å². The molecule has 1 heterocycles. The fourth-order valence-corrected chi connectivity index (χ4v) is 1.77. The number of nitrogens with one attached hydrogen (secondary N) is 1. The van der Waals surface area contributed by atoms with E-state index in [0.29, 0.717) is 12.1 Å². The van der Waals surface area contributed by atoms with Gasteiger partial charge in [-0.1, -0.05) is 0 Å². The van der Waals surface area contributed by atoms with E-state index in [0.717, 1.165) is 4.88 Å². The lowest BCUT2D eigenvalue weighted by Crippen LogP contribution is -2.28. The largest absolute Gasteiger partial charge is 0.395 e. The van der Waals surface area contributed by atoms with E-state index in [-0.39, 0.29) is 12.6 Å². The number of hydrogen-bond acceptors (Lipinski definition) is 4. The first-order valence-corrected chi connectivity index (χ1v) is 5.23. The van der Waals surface area contributed by atoms with E-state index >= 15 is 0 Å². The molecule has 0 aromatic carbocycles. The van der Waals surface area contributed by atoms with Crippen LogP contribution in [0, 0.1) is 0 Å². The van der Waals surface area contributed by atoms with Crippen molar-refractivity contribution in [1.82, 2.24) is 5.32 Å². The van der Waals surface area contributed by atoms with E-state index in [1.165, 1.54) is 11.3 Å². The Hall–Kier alpha value is -0.910. The highest BCUT2D eigenvalue weighted by Crippen LogP contribution is 2.13. The van der Waals surface area contributed by atoms with E-state index in [1.807, 2.05) is 6.92 Å². The lowest BCUT2D eigenvalue weighted by molar-refractivity contribution is 0.100. The smallest absolute Gasteiger partial charge is 0.249 e. The second kappa shape index (κ2) is 5.09. The first-order chi connectivity index (χ1) is 6.63. The lowest BCUT2D eigenvalue weighted by atomic mass is 10.3. The molecular formula is C9H14N2O2S. The van der Waals surface area contributed by atoms with Gasteiger partial charge in [-0.3, -0.25) is 4.79 Å². The molecule has 1 atom stereocenters. The predicted molar refractivity (Wildman–Crippen MR) is 56.2 cm³/mol. The van der Waals surface area contributed by atoms with Gasteiger partial charge in [0, 0.05) is 22.8 Å². The molecule has 0 spiro atoms. The number of rotatable bonds is 5. The van der Waals surface area contributed by atoms with Crippen LogP contribution in [0.4, 0.5) is 0 Å². The molecule has 0 aliphatic heterocycles. The number of carbonyl (C=O) groups is 1. The number of hydrogen-bond donors (Lipinski definition) is 3. The Labute approximate surface area is 86.7 Å². The van der Waals surface area contributed by atoms with Gasteiger partial charge < -0.3 is 16.2 Å². The zero-order valence-corrected chi connectivity index (χ0v) is 8.80. The minimum Gasteiger partial charge on any atom is -0.395 e. The van der Waals surface area contributed by atoms with Gasteiger partial charge in [0.2, 0.25) is 5.91 Å². The summed E-state index contributed by atoms with van der Waals surface area (Å²) in [5, 5.41) is 13.6. The van der Waals surface area contributed by atoms with Gasteiger partial charge in [-0.25, -0.2) is 0 Å². The fraction of sp³-hybridized carbons (Fsp3) is 0.444. The molecule has 0 aliphatic carbocycles. The molecule has 0 saturated carbocycles. The van der Waals surface area contributed by atoms with Crippen LogP contribution < -0.4 is 11.1 Å². The average molecular weight is 214 g/mol. The quantitative estimate of drug-likeness (QED) is 0.660. The van der Waals surface area contributed by atoms with Gasteiger partial charge >= 0.3 is 0 Å². The van der Waals surface area contributed by atoms with Gasteiger partial charge in [-0.2, -0.15) is 0 Å². The van der Waals surface area contributed by atoms with Crippen LogP contribution in [-0.2, 0) is 6.54 Å². The summed E-state index contributed by atoms with van der Waals surface area (Å²) in [4.78, 5) is 11.8. The van der Waals surface area contributed by atoms with Crippen LogP contribution in [0.15, 0.2) is 11.4 Å². The van der Waals surface area contributed by atoms with Crippen LogP contribution in [0.2, 0.25) is 0 Å². The summed E-state index contributed by atoms with van der Waals surface area (Å²) in [7, 11) is 0. The second-order valence-electron chi connectivity index (χ2n) is 3.13. The predicted octanol–water partition coefficient (Wildman–Crippen LogP) is 0.317. The highest BCUT2D eigenvalue weighted by molar-refractivity contribution is 7.10. The van der Waals surface area contributed by atoms with Crippen molar-refractivity contribution in [3.8, 4) is 0 Å². The second-order valence-corrected chi connectivity index (χ2v) is 4.13. The minimum absolute atomic E-state index is 0.0640. The molecule has 5 heteroatoms. The van der Waals surface area contributed by atoms with Crippen molar-refractivity contribution in [3.63, 3.8) is 0 Å². The van der Waals surface area contributed by atoms with Crippen molar-refractivity contribution in [2.75, 3.05) is 6.61 Å². The topological polar surface area (TPSA) is 75.3 Å². The van der Waals surface area contributed by atoms with E-state index < -0.39 is 5.91 Å². The summed E-state index contributed by atoms with van der Waals surface area (Å²) in [6.45, 7) is 2.65. The molecule has 1 unspecified atom stereocenters. The summed E-state index contributed by atoms with van der Waals surface area (Å²) in [5.74, 6) is -0.400. The summed E-state index contributed by atoms with van der Waals surface area (Å²) >= 11 is 1.49. The van der Waals surface area contributed by atoms with E-state index in [1.54, 1.807) is 11.4 Å². The zero-order valence-electron chi connectivity index (χ0n) is 7.99. The molecule has 1 amide bonds. The van der Waals surface area contributed by atoms with Crippen molar-refractivity contribution in [1.29, 1.82) is 0 Å². The third kappa shape index (κ3) is 3.10. The maximum absolute atomic E-state index is 10.8. The zero-order chi connectivity index (χ0) is 10.6. The van der Waals surface area contributed by atoms with Gasteiger partial charge in [0.05, 0.1) is 12.2 Å². The molecule has 4 nitrogen and oxygen atoms in total. The highest BCUT2D eigenvalue weighted by atomic mass is 32.1. The molecule has 4 N–H and O–H groups in total. The average Bonchev–Trinajstić information content (AvgIpc) is 2.62. The number of carbonyl (C=O) groups excluding carboxylic acids is 1. The number of primary amides is 1. The molecule has 0 bridgehead atoms. The van der Waals surface area contributed by atoms with Crippen LogP contribution >= 0.6 is 11.3 Å². The number of aliphatic hydroxyl groups is 1. The first kappa shape index (κ1) is 11.2. The summed E-state index contributed by atoms with van der Waals surface area (Å²) in [6, 6.07) is 1.83. The molecular weight excluding hydrogens is 200 g/mol. The third-order valence-electron chi connectivity index (χ3n) is 1.84. The Morgan fingerprint density at radius 3 is 3.00 bits per heavy atom. The van der Waals surface area contributed by atoms with Crippen molar-refractivity contribution in [2.24, 2.45) is 5.73 Å². The van der Waals surface area contributed by atoms with Crippen molar-refractivity contribution >= 4 is 17.2 Å². The number of thiophene rings is 1. The third-order valence-corrected chi connectivity index (χ3v) is 2.77. The maximum Gasteiger partial charge on any atom is 0.249 e. The molecule has 0 saturated heterocycles. The number of nitrogens with two attached hydrogens (primary N) is 1. The van der Waals surface area contributed by atoms with Gasteiger partial charge in [-0.15, -0.1) is 11.3 Å². The molecule has 1 rings (SSSR count). The van der Waals surface area contributed by atoms with Gasteiger partial charge in [-0.05, 0) is 13.0 Å². The lowest BCUT2D eigenvalue weighted by Gasteiger charge is -2.08. The van der Waals surface area contributed by atoms with E-state index in [2.05, 4.69) is 5.32 Å². The summed E-state index contributed by atoms with van der Waals surface area (Å²) in [6.07, 6.45) is 0. The Balaban J connectivity index is 2.48. The molecule has 1 aromatic heterocycles. The Bertz CT molecular complexity index is 312. The Morgan fingerprint density at radius 2 is 2.50 bits per heavy atom. The SMILES string of the molecule is CC(CO)NCc1cc(C(N)=O)cs1.